The number of Topliss-reactive ketones (excluding diaryl/α,β-unsaturated/α-hetero) is 1. The van der Waals surface area contributed by atoms with Crippen molar-refractivity contribution in [3.8, 4) is 0 Å². The second-order valence-corrected chi connectivity index (χ2v) is 4.18. The van der Waals surface area contributed by atoms with Crippen molar-refractivity contribution >= 4 is 11.8 Å². The van der Waals surface area contributed by atoms with Crippen molar-refractivity contribution in [3.05, 3.63) is 0 Å². The van der Waals surface area contributed by atoms with Crippen LogP contribution in [0, 0.1) is 11.3 Å². The molecule has 0 aromatic rings. The molecule has 0 saturated heterocycles. The van der Waals surface area contributed by atoms with Gasteiger partial charge in [-0.2, -0.15) is 0 Å². The van der Waals surface area contributed by atoms with E-state index in [9.17, 15) is 14.7 Å². The summed E-state index contributed by atoms with van der Waals surface area (Å²) in [6, 6.07) is 0. The van der Waals surface area contributed by atoms with Crippen LogP contribution >= 0.6 is 0 Å². The number of hydrogen-bond donors (Lipinski definition) is 0. The number of aliphatic carboxylic acids is 1. The number of ketones is 1. The second kappa shape index (κ2) is 4.11. The molecule has 2 atom stereocenters. The molecular formula is C11H17O3-. The van der Waals surface area contributed by atoms with E-state index < -0.39 is 17.3 Å². The van der Waals surface area contributed by atoms with Crippen molar-refractivity contribution in [1.29, 1.82) is 0 Å². The van der Waals surface area contributed by atoms with Crippen molar-refractivity contribution in [3.63, 3.8) is 0 Å². The summed E-state index contributed by atoms with van der Waals surface area (Å²) in [5.41, 5.74) is -0.642. The molecule has 0 amide bonds. The van der Waals surface area contributed by atoms with Gasteiger partial charge in [0.15, 0.2) is 0 Å². The first-order chi connectivity index (χ1) is 6.54. The first-order valence-electron chi connectivity index (χ1n) is 5.28. The Morgan fingerprint density at radius 2 is 2.21 bits per heavy atom. The highest BCUT2D eigenvalue weighted by atomic mass is 16.4. The van der Waals surface area contributed by atoms with Gasteiger partial charge in [0, 0.05) is 23.7 Å². The fraction of sp³-hybridized carbons (Fsp3) is 0.818. The van der Waals surface area contributed by atoms with E-state index in [1.807, 2.05) is 6.92 Å². The van der Waals surface area contributed by atoms with E-state index in [1.165, 1.54) is 0 Å². The van der Waals surface area contributed by atoms with Crippen LogP contribution in [0.5, 0.6) is 0 Å². The lowest BCUT2D eigenvalue weighted by Crippen LogP contribution is -2.47. The van der Waals surface area contributed by atoms with Gasteiger partial charge in [0.1, 0.15) is 5.78 Å². The Morgan fingerprint density at radius 3 is 2.64 bits per heavy atom. The number of rotatable bonds is 3. The Labute approximate surface area is 84.5 Å². The van der Waals surface area contributed by atoms with Gasteiger partial charge in [-0.3, -0.25) is 4.79 Å². The molecule has 0 aromatic heterocycles. The molecule has 0 radical (unpaired) electrons. The van der Waals surface area contributed by atoms with Crippen LogP contribution in [0.2, 0.25) is 0 Å². The SMILES string of the molecule is CCC1(C(C)C(=O)[O-])CCCCC1=O. The van der Waals surface area contributed by atoms with E-state index in [-0.39, 0.29) is 5.78 Å². The summed E-state index contributed by atoms with van der Waals surface area (Å²) in [5, 5.41) is 10.8. The predicted octanol–water partition coefficient (Wildman–Crippen LogP) is 0.912. The summed E-state index contributed by atoms with van der Waals surface area (Å²) >= 11 is 0. The lowest BCUT2D eigenvalue weighted by Gasteiger charge is -2.40. The van der Waals surface area contributed by atoms with E-state index in [2.05, 4.69) is 0 Å². The van der Waals surface area contributed by atoms with Crippen LogP contribution in [-0.2, 0) is 9.59 Å². The average Bonchev–Trinajstić information content (AvgIpc) is 2.18. The molecule has 80 valence electrons. The van der Waals surface area contributed by atoms with Crippen molar-refractivity contribution in [2.24, 2.45) is 11.3 Å². The molecular weight excluding hydrogens is 180 g/mol. The van der Waals surface area contributed by atoms with Crippen molar-refractivity contribution < 1.29 is 14.7 Å². The molecule has 0 heterocycles. The largest absolute Gasteiger partial charge is 0.550 e. The molecule has 1 rings (SSSR count). The number of hydrogen-bond acceptors (Lipinski definition) is 3. The maximum atomic E-state index is 11.8. The van der Waals surface area contributed by atoms with Gasteiger partial charge in [0.2, 0.25) is 0 Å². The lowest BCUT2D eigenvalue weighted by atomic mass is 9.64. The molecule has 1 aliphatic rings. The first-order valence-corrected chi connectivity index (χ1v) is 5.28. The zero-order valence-corrected chi connectivity index (χ0v) is 8.84. The Kier molecular flexibility index (Phi) is 3.29. The molecule has 0 bridgehead atoms. The molecule has 3 heteroatoms. The minimum atomic E-state index is -1.10. The highest BCUT2D eigenvalue weighted by molar-refractivity contribution is 5.89. The van der Waals surface area contributed by atoms with Crippen LogP contribution in [0.3, 0.4) is 0 Å². The summed E-state index contributed by atoms with van der Waals surface area (Å²) in [4.78, 5) is 22.6. The summed E-state index contributed by atoms with van der Waals surface area (Å²) in [6.45, 7) is 3.49. The fourth-order valence-corrected chi connectivity index (χ4v) is 2.48. The van der Waals surface area contributed by atoms with E-state index in [0.717, 1.165) is 12.8 Å². The molecule has 0 aromatic carbocycles. The average molecular weight is 197 g/mol. The van der Waals surface area contributed by atoms with E-state index in [4.69, 9.17) is 0 Å². The van der Waals surface area contributed by atoms with Gasteiger partial charge >= 0.3 is 0 Å². The van der Waals surface area contributed by atoms with Gasteiger partial charge < -0.3 is 9.90 Å². The van der Waals surface area contributed by atoms with Crippen LogP contribution in [-0.4, -0.2) is 11.8 Å². The van der Waals surface area contributed by atoms with E-state index >= 15 is 0 Å². The molecule has 3 nitrogen and oxygen atoms in total. The Balaban J connectivity index is 2.93. The summed E-state index contributed by atoms with van der Waals surface area (Å²) in [6.07, 6.45) is 3.71. The molecule has 14 heavy (non-hydrogen) atoms. The molecule has 0 N–H and O–H groups in total. The third-order valence-corrected chi connectivity index (χ3v) is 3.65. The van der Waals surface area contributed by atoms with Gasteiger partial charge in [-0.25, -0.2) is 0 Å². The molecule has 0 spiro atoms. The summed E-state index contributed by atoms with van der Waals surface area (Å²) < 4.78 is 0. The van der Waals surface area contributed by atoms with Crippen LogP contribution in [0.4, 0.5) is 0 Å². The molecule has 2 unspecified atom stereocenters. The van der Waals surface area contributed by atoms with Crippen molar-refractivity contribution in [1.82, 2.24) is 0 Å². The predicted molar refractivity (Wildman–Crippen MR) is 50.4 cm³/mol. The minimum Gasteiger partial charge on any atom is -0.550 e. The Morgan fingerprint density at radius 1 is 1.57 bits per heavy atom. The molecule has 1 fully saturated rings. The van der Waals surface area contributed by atoms with Gasteiger partial charge in [-0.05, 0) is 19.3 Å². The lowest BCUT2D eigenvalue weighted by molar-refractivity contribution is -0.314. The maximum absolute atomic E-state index is 11.8. The van der Waals surface area contributed by atoms with Gasteiger partial charge in [0.25, 0.3) is 0 Å². The summed E-state index contributed by atoms with van der Waals surface area (Å²) in [7, 11) is 0. The molecule has 0 aliphatic heterocycles. The van der Waals surface area contributed by atoms with Crippen LogP contribution in [0.1, 0.15) is 46.0 Å². The van der Waals surface area contributed by atoms with E-state index in [1.54, 1.807) is 6.92 Å². The zero-order chi connectivity index (χ0) is 10.8. The van der Waals surface area contributed by atoms with Gasteiger partial charge in [-0.15, -0.1) is 0 Å². The quantitative estimate of drug-likeness (QED) is 0.675. The zero-order valence-electron chi connectivity index (χ0n) is 8.84. The second-order valence-electron chi connectivity index (χ2n) is 4.18. The Bertz CT molecular complexity index is 247. The normalized spacial score (nSPS) is 30.0. The van der Waals surface area contributed by atoms with Crippen LogP contribution in [0.15, 0.2) is 0 Å². The van der Waals surface area contributed by atoms with Crippen LogP contribution in [0.25, 0.3) is 0 Å². The molecule has 1 saturated carbocycles. The van der Waals surface area contributed by atoms with E-state index in [0.29, 0.717) is 19.3 Å². The van der Waals surface area contributed by atoms with Crippen molar-refractivity contribution in [2.45, 2.75) is 46.0 Å². The first kappa shape index (κ1) is 11.2. The third-order valence-electron chi connectivity index (χ3n) is 3.65. The topological polar surface area (TPSA) is 57.2 Å². The smallest absolute Gasteiger partial charge is 0.139 e. The highest BCUT2D eigenvalue weighted by Crippen LogP contribution is 2.42. The van der Waals surface area contributed by atoms with Crippen molar-refractivity contribution in [2.75, 3.05) is 0 Å². The highest BCUT2D eigenvalue weighted by Gasteiger charge is 2.43. The maximum Gasteiger partial charge on any atom is 0.139 e. The summed E-state index contributed by atoms with van der Waals surface area (Å²) in [5.74, 6) is -1.63. The van der Waals surface area contributed by atoms with Gasteiger partial charge in [0.05, 0.1) is 0 Å². The monoisotopic (exact) mass is 197 g/mol. The number of carbonyl (C=O) groups is 2. The number of carboxylic acids is 1. The number of carboxylic acid groups (broad SMARTS) is 1. The third kappa shape index (κ3) is 1.68. The fourth-order valence-electron chi connectivity index (χ4n) is 2.48. The molecule has 1 aliphatic carbocycles. The van der Waals surface area contributed by atoms with Crippen LogP contribution < -0.4 is 5.11 Å². The minimum absolute atomic E-state index is 0.114. The van der Waals surface area contributed by atoms with Gasteiger partial charge in [-0.1, -0.05) is 20.3 Å². The number of carbonyl (C=O) groups excluding carboxylic acids is 2. The Hall–Kier alpha value is -0.860. The standard InChI is InChI=1S/C11H18O3/c1-3-11(8(2)10(13)14)7-5-4-6-9(11)12/h8H,3-7H2,1-2H3,(H,13,14)/p-1.